The van der Waals surface area contributed by atoms with Gasteiger partial charge in [0.2, 0.25) is 5.91 Å². The van der Waals surface area contributed by atoms with E-state index in [4.69, 9.17) is 5.11 Å². The van der Waals surface area contributed by atoms with Gasteiger partial charge in [-0.2, -0.15) is 0 Å². The lowest BCUT2D eigenvalue weighted by Gasteiger charge is -2.22. The molecule has 0 aromatic rings. The van der Waals surface area contributed by atoms with Gasteiger partial charge in [-0.3, -0.25) is 4.79 Å². The zero-order chi connectivity index (χ0) is 10.4. The molecule has 0 aliphatic carbocycles. The van der Waals surface area contributed by atoms with E-state index < -0.39 is 0 Å². The van der Waals surface area contributed by atoms with Crippen LogP contribution in [0.3, 0.4) is 0 Å². The van der Waals surface area contributed by atoms with Gasteiger partial charge in [0.05, 0.1) is 6.61 Å². The molecule has 1 amide bonds. The molecule has 1 unspecified atom stereocenters. The predicted octanol–water partition coefficient (Wildman–Crippen LogP) is -0.127. The molecule has 0 spiro atoms. The maximum Gasteiger partial charge on any atom is 0.220 e. The second kappa shape index (κ2) is 5.98. The molecule has 2 atom stereocenters. The van der Waals surface area contributed by atoms with Crippen molar-refractivity contribution in [3.63, 3.8) is 0 Å². The number of nitrogens with one attached hydrogen (secondary N) is 2. The lowest BCUT2D eigenvalue weighted by Crippen LogP contribution is -2.38. The van der Waals surface area contributed by atoms with Gasteiger partial charge in [0, 0.05) is 12.5 Å². The van der Waals surface area contributed by atoms with Crippen LogP contribution in [0.25, 0.3) is 0 Å². The highest BCUT2D eigenvalue weighted by atomic mass is 16.3. The molecule has 4 nitrogen and oxygen atoms in total. The molecule has 1 saturated heterocycles. The van der Waals surface area contributed by atoms with E-state index >= 15 is 0 Å². The van der Waals surface area contributed by atoms with Crippen molar-refractivity contribution in [3.05, 3.63) is 0 Å². The SMILES string of the molecule is C[C@H](CO)NC(=O)CC1CCCNC1. The van der Waals surface area contributed by atoms with Crippen LogP contribution in [0.1, 0.15) is 26.2 Å². The van der Waals surface area contributed by atoms with Gasteiger partial charge in [-0.25, -0.2) is 0 Å². The number of hydrogen-bond donors (Lipinski definition) is 3. The lowest BCUT2D eigenvalue weighted by atomic mass is 9.96. The monoisotopic (exact) mass is 200 g/mol. The van der Waals surface area contributed by atoms with Crippen LogP contribution in [-0.4, -0.2) is 36.8 Å². The van der Waals surface area contributed by atoms with Crippen molar-refractivity contribution >= 4 is 5.91 Å². The Labute approximate surface area is 85.1 Å². The first kappa shape index (κ1) is 11.5. The number of aliphatic hydroxyl groups is 1. The lowest BCUT2D eigenvalue weighted by molar-refractivity contribution is -0.123. The van der Waals surface area contributed by atoms with E-state index in [2.05, 4.69) is 10.6 Å². The fraction of sp³-hybridized carbons (Fsp3) is 0.900. The van der Waals surface area contributed by atoms with Gasteiger partial charge in [0.1, 0.15) is 0 Å². The average molecular weight is 200 g/mol. The van der Waals surface area contributed by atoms with Gasteiger partial charge in [0.25, 0.3) is 0 Å². The third kappa shape index (κ3) is 4.07. The van der Waals surface area contributed by atoms with Crippen LogP contribution in [0.5, 0.6) is 0 Å². The summed E-state index contributed by atoms with van der Waals surface area (Å²) >= 11 is 0. The van der Waals surface area contributed by atoms with Crippen LogP contribution in [0.4, 0.5) is 0 Å². The maximum absolute atomic E-state index is 11.4. The largest absolute Gasteiger partial charge is 0.394 e. The number of aliphatic hydroxyl groups excluding tert-OH is 1. The Hall–Kier alpha value is -0.610. The number of rotatable bonds is 4. The smallest absolute Gasteiger partial charge is 0.220 e. The minimum atomic E-state index is -0.126. The Morgan fingerprint density at radius 3 is 3.07 bits per heavy atom. The molecule has 3 N–H and O–H groups in total. The van der Waals surface area contributed by atoms with Crippen molar-refractivity contribution in [2.45, 2.75) is 32.2 Å². The summed E-state index contributed by atoms with van der Waals surface area (Å²) in [5, 5.41) is 14.8. The molecule has 1 aliphatic heterocycles. The van der Waals surface area contributed by atoms with Crippen LogP contribution >= 0.6 is 0 Å². The van der Waals surface area contributed by atoms with Crippen molar-refractivity contribution in [1.82, 2.24) is 10.6 Å². The molecule has 1 aliphatic rings. The van der Waals surface area contributed by atoms with Crippen molar-refractivity contribution in [2.24, 2.45) is 5.92 Å². The first-order valence-electron chi connectivity index (χ1n) is 5.33. The standard InChI is InChI=1S/C10H20N2O2/c1-8(7-13)12-10(14)5-9-3-2-4-11-6-9/h8-9,11,13H,2-7H2,1H3,(H,12,14)/t8-,9?/m1/s1. The predicted molar refractivity (Wildman–Crippen MR) is 54.9 cm³/mol. The topological polar surface area (TPSA) is 61.4 Å². The molecular weight excluding hydrogens is 180 g/mol. The maximum atomic E-state index is 11.4. The van der Waals surface area contributed by atoms with Crippen LogP contribution in [-0.2, 0) is 4.79 Å². The quantitative estimate of drug-likeness (QED) is 0.592. The first-order chi connectivity index (χ1) is 6.72. The van der Waals surface area contributed by atoms with Gasteiger partial charge in [-0.05, 0) is 38.8 Å². The van der Waals surface area contributed by atoms with E-state index in [0.717, 1.165) is 25.9 Å². The molecule has 14 heavy (non-hydrogen) atoms. The third-order valence-electron chi connectivity index (χ3n) is 2.55. The van der Waals surface area contributed by atoms with Gasteiger partial charge in [0.15, 0.2) is 0 Å². The van der Waals surface area contributed by atoms with Gasteiger partial charge >= 0.3 is 0 Å². The Kier molecular flexibility index (Phi) is 4.90. The summed E-state index contributed by atoms with van der Waals surface area (Å²) in [5.74, 6) is 0.523. The number of carbonyl (C=O) groups excluding carboxylic acids is 1. The first-order valence-corrected chi connectivity index (χ1v) is 5.33. The fourth-order valence-corrected chi connectivity index (χ4v) is 1.74. The second-order valence-corrected chi connectivity index (χ2v) is 4.07. The normalized spacial score (nSPS) is 24.3. The number of hydrogen-bond acceptors (Lipinski definition) is 3. The molecule has 4 heteroatoms. The molecule has 0 saturated carbocycles. The minimum absolute atomic E-state index is 0.00859. The minimum Gasteiger partial charge on any atom is -0.394 e. The zero-order valence-corrected chi connectivity index (χ0v) is 8.75. The molecule has 1 rings (SSSR count). The van der Waals surface area contributed by atoms with Crippen molar-refractivity contribution in [1.29, 1.82) is 0 Å². The molecule has 0 bridgehead atoms. The highest BCUT2D eigenvalue weighted by Crippen LogP contribution is 2.13. The summed E-state index contributed by atoms with van der Waals surface area (Å²) < 4.78 is 0. The van der Waals surface area contributed by atoms with Crippen LogP contribution < -0.4 is 10.6 Å². The van der Waals surface area contributed by atoms with E-state index in [1.165, 1.54) is 0 Å². The summed E-state index contributed by atoms with van der Waals surface area (Å²) in [7, 11) is 0. The molecule has 0 aromatic carbocycles. The summed E-state index contributed by atoms with van der Waals surface area (Å²) in [4.78, 5) is 11.4. The average Bonchev–Trinajstić information content (AvgIpc) is 2.19. The van der Waals surface area contributed by atoms with E-state index in [1.807, 2.05) is 0 Å². The van der Waals surface area contributed by atoms with Gasteiger partial charge in [-0.1, -0.05) is 0 Å². The summed E-state index contributed by atoms with van der Waals surface area (Å²) in [5.41, 5.74) is 0. The van der Waals surface area contributed by atoms with Gasteiger partial charge < -0.3 is 15.7 Å². The Morgan fingerprint density at radius 1 is 1.71 bits per heavy atom. The van der Waals surface area contributed by atoms with Crippen molar-refractivity contribution < 1.29 is 9.90 Å². The summed E-state index contributed by atoms with van der Waals surface area (Å²) in [6.07, 6.45) is 2.87. The van der Waals surface area contributed by atoms with Crippen molar-refractivity contribution in [2.75, 3.05) is 19.7 Å². The molecule has 82 valence electrons. The highest BCUT2D eigenvalue weighted by molar-refractivity contribution is 5.76. The molecule has 1 fully saturated rings. The van der Waals surface area contributed by atoms with Crippen LogP contribution in [0.15, 0.2) is 0 Å². The van der Waals surface area contributed by atoms with Crippen LogP contribution in [0, 0.1) is 5.92 Å². The number of carbonyl (C=O) groups is 1. The van der Waals surface area contributed by atoms with E-state index in [-0.39, 0.29) is 18.6 Å². The van der Waals surface area contributed by atoms with Crippen LogP contribution in [0.2, 0.25) is 0 Å². The Morgan fingerprint density at radius 2 is 2.50 bits per heavy atom. The molecule has 0 aromatic heterocycles. The van der Waals surface area contributed by atoms with Crippen molar-refractivity contribution in [3.8, 4) is 0 Å². The van der Waals surface area contributed by atoms with Gasteiger partial charge in [-0.15, -0.1) is 0 Å². The summed E-state index contributed by atoms with van der Waals surface area (Å²) in [6.45, 7) is 3.83. The molecular formula is C10H20N2O2. The van der Waals surface area contributed by atoms with E-state index in [1.54, 1.807) is 6.92 Å². The second-order valence-electron chi connectivity index (χ2n) is 4.07. The van der Waals surface area contributed by atoms with E-state index in [9.17, 15) is 4.79 Å². The third-order valence-corrected chi connectivity index (χ3v) is 2.55. The molecule has 1 heterocycles. The Balaban J connectivity index is 2.18. The summed E-state index contributed by atoms with van der Waals surface area (Å²) in [6, 6.07) is -0.126. The van der Waals surface area contributed by atoms with E-state index in [0.29, 0.717) is 12.3 Å². The highest BCUT2D eigenvalue weighted by Gasteiger charge is 2.17. The fourth-order valence-electron chi connectivity index (χ4n) is 1.74. The number of piperidine rings is 1. The molecule has 0 radical (unpaired) electrons. The zero-order valence-electron chi connectivity index (χ0n) is 8.75. The Bertz CT molecular complexity index is 179. The number of amides is 1.